The molecule has 1 unspecified atom stereocenters. The average molecular weight is 500 g/mol. The molecular formula is C21H20ClF2N3O5S. The maximum atomic E-state index is 14.6. The molecular weight excluding hydrogens is 480 g/mol. The first-order valence-electron chi connectivity index (χ1n) is 9.75. The summed E-state index contributed by atoms with van der Waals surface area (Å²) in [5, 5.41) is -0.216. The first kappa shape index (κ1) is 25.1. The van der Waals surface area contributed by atoms with Crippen molar-refractivity contribution in [3.05, 3.63) is 63.8 Å². The number of hydrogen-bond acceptors (Lipinski definition) is 6. The predicted molar refractivity (Wildman–Crippen MR) is 119 cm³/mol. The van der Waals surface area contributed by atoms with Crippen LogP contribution in [0, 0.1) is 11.6 Å². The lowest BCUT2D eigenvalue weighted by Crippen LogP contribution is -2.18. The number of nitrogens with one attached hydrogen (secondary N) is 1. The Kier molecular flexibility index (Phi) is 8.75. The molecule has 0 spiro atoms. The van der Waals surface area contributed by atoms with Crippen molar-refractivity contribution in [1.29, 1.82) is 0 Å². The summed E-state index contributed by atoms with van der Waals surface area (Å²) in [5.74, 6) is -3.17. The number of rotatable bonds is 11. The summed E-state index contributed by atoms with van der Waals surface area (Å²) in [6, 6.07) is 5.27. The summed E-state index contributed by atoms with van der Waals surface area (Å²) < 4.78 is 60.8. The maximum absolute atomic E-state index is 14.6. The molecule has 8 nitrogen and oxygen atoms in total. The number of fused-ring (bicyclic) bond motifs is 1. The van der Waals surface area contributed by atoms with Crippen LogP contribution in [0.25, 0.3) is 11.0 Å². The van der Waals surface area contributed by atoms with Crippen molar-refractivity contribution in [2.45, 2.75) is 12.8 Å². The molecule has 0 saturated heterocycles. The Labute approximate surface area is 195 Å². The zero-order valence-electron chi connectivity index (χ0n) is 17.4. The molecule has 0 amide bonds. The molecule has 0 aliphatic rings. The fourth-order valence-electron chi connectivity index (χ4n) is 3.05. The lowest BCUT2D eigenvalue weighted by Gasteiger charge is -2.12. The van der Waals surface area contributed by atoms with Crippen LogP contribution in [0.15, 0.2) is 30.5 Å². The normalized spacial score (nSPS) is 12.2. The second-order valence-corrected chi connectivity index (χ2v) is 8.01. The van der Waals surface area contributed by atoms with Crippen molar-refractivity contribution in [2.24, 2.45) is 0 Å². The molecule has 1 aromatic heterocycles. The highest BCUT2D eigenvalue weighted by molar-refractivity contribution is 7.77. The van der Waals surface area contributed by atoms with E-state index in [0.717, 1.165) is 6.07 Å². The lowest BCUT2D eigenvalue weighted by atomic mass is 9.98. The number of carbonyl (C=O) groups is 1. The van der Waals surface area contributed by atoms with E-state index in [2.05, 4.69) is 14.7 Å². The molecule has 3 rings (SSSR count). The SMILES string of the molecule is COCCOc1cnc2ccc(C(=O)c3c(F)c(F)cc(CCCNS(=O)O)c3Cl)cc2n1. The first-order valence-corrected chi connectivity index (χ1v) is 11.2. The second-order valence-electron chi connectivity index (χ2n) is 6.85. The van der Waals surface area contributed by atoms with Crippen LogP contribution in [0.2, 0.25) is 5.02 Å². The van der Waals surface area contributed by atoms with E-state index >= 15 is 0 Å². The van der Waals surface area contributed by atoms with Gasteiger partial charge in [-0.2, -0.15) is 0 Å². The van der Waals surface area contributed by atoms with Gasteiger partial charge in [0.25, 0.3) is 0 Å². The Bertz CT molecular complexity index is 1200. The number of hydrogen-bond donors (Lipinski definition) is 2. The van der Waals surface area contributed by atoms with Gasteiger partial charge in [-0.25, -0.2) is 27.7 Å². The maximum Gasteiger partial charge on any atom is 0.232 e. The van der Waals surface area contributed by atoms with Gasteiger partial charge in [0.1, 0.15) is 6.61 Å². The van der Waals surface area contributed by atoms with Crippen LogP contribution < -0.4 is 9.46 Å². The first-order chi connectivity index (χ1) is 15.8. The standard InChI is InChI=1S/C21H20ClF2N3O5S/c1-31-7-8-32-17-11-25-15-5-4-13(10-16(15)27-17)21(28)18-19(22)12(9-14(23)20(18)24)3-2-6-26-33(29)30/h4-5,9-11,26H,2-3,6-8H2,1H3,(H,29,30). The van der Waals surface area contributed by atoms with Gasteiger partial charge in [0.05, 0.1) is 34.4 Å². The summed E-state index contributed by atoms with van der Waals surface area (Å²) in [6.07, 6.45) is 1.89. The smallest absolute Gasteiger partial charge is 0.232 e. The second kappa shape index (κ2) is 11.5. The predicted octanol–water partition coefficient (Wildman–Crippen LogP) is 3.48. The number of methoxy groups -OCH3 is 1. The van der Waals surface area contributed by atoms with E-state index in [4.69, 9.17) is 25.6 Å². The summed E-state index contributed by atoms with van der Waals surface area (Å²) in [4.78, 5) is 21.6. The fourth-order valence-corrected chi connectivity index (χ4v) is 3.69. The number of ketones is 1. The summed E-state index contributed by atoms with van der Waals surface area (Å²) in [7, 11) is 1.53. The summed E-state index contributed by atoms with van der Waals surface area (Å²) in [6.45, 7) is 0.748. The van der Waals surface area contributed by atoms with Gasteiger partial charge in [0, 0.05) is 19.2 Å². The van der Waals surface area contributed by atoms with Crippen LogP contribution in [0.4, 0.5) is 8.78 Å². The molecule has 0 aliphatic heterocycles. The molecule has 0 bridgehead atoms. The van der Waals surface area contributed by atoms with Crippen molar-refractivity contribution in [3.8, 4) is 5.88 Å². The van der Waals surface area contributed by atoms with Crippen LogP contribution in [-0.4, -0.2) is 51.4 Å². The van der Waals surface area contributed by atoms with E-state index in [1.165, 1.54) is 31.5 Å². The third-order valence-corrected chi connectivity index (χ3v) is 5.51. The van der Waals surface area contributed by atoms with Gasteiger partial charge in [-0.15, -0.1) is 0 Å². The van der Waals surface area contributed by atoms with Crippen LogP contribution in [0.3, 0.4) is 0 Å². The van der Waals surface area contributed by atoms with Gasteiger partial charge < -0.3 is 9.47 Å². The largest absolute Gasteiger partial charge is 0.474 e. The number of halogens is 3. The van der Waals surface area contributed by atoms with Gasteiger partial charge in [-0.3, -0.25) is 9.35 Å². The average Bonchev–Trinajstić information content (AvgIpc) is 2.79. The van der Waals surface area contributed by atoms with Crippen molar-refractivity contribution in [1.82, 2.24) is 14.7 Å². The monoisotopic (exact) mass is 499 g/mol. The van der Waals surface area contributed by atoms with E-state index in [-0.39, 0.29) is 41.6 Å². The molecule has 0 aliphatic carbocycles. The molecule has 2 N–H and O–H groups in total. The molecule has 176 valence electrons. The topological polar surface area (TPSA) is 111 Å². The molecule has 0 radical (unpaired) electrons. The summed E-state index contributed by atoms with van der Waals surface area (Å²) in [5.41, 5.74) is 0.461. The molecule has 3 aromatic rings. The Morgan fingerprint density at radius 2 is 2.03 bits per heavy atom. The van der Waals surface area contributed by atoms with Gasteiger partial charge in [-0.05, 0) is 42.7 Å². The zero-order chi connectivity index (χ0) is 24.0. The molecule has 0 fully saturated rings. The van der Waals surface area contributed by atoms with Crippen molar-refractivity contribution in [3.63, 3.8) is 0 Å². The third-order valence-electron chi connectivity index (χ3n) is 4.63. The number of aryl methyl sites for hydroxylation is 1. The minimum absolute atomic E-state index is 0.0422. The van der Waals surface area contributed by atoms with Crippen molar-refractivity contribution in [2.75, 3.05) is 26.9 Å². The lowest BCUT2D eigenvalue weighted by molar-refractivity contribution is 0.103. The van der Waals surface area contributed by atoms with E-state index < -0.39 is 34.2 Å². The Balaban J connectivity index is 1.90. The Hall–Kier alpha value is -2.57. The van der Waals surface area contributed by atoms with Gasteiger partial charge in [0.15, 0.2) is 17.4 Å². The minimum atomic E-state index is -2.19. The number of benzene rings is 2. The highest BCUT2D eigenvalue weighted by Crippen LogP contribution is 2.30. The Morgan fingerprint density at radius 3 is 2.76 bits per heavy atom. The molecule has 33 heavy (non-hydrogen) atoms. The third kappa shape index (κ3) is 6.27. The molecule has 1 heterocycles. The van der Waals surface area contributed by atoms with E-state index in [9.17, 15) is 17.8 Å². The fraction of sp³-hybridized carbons (Fsp3) is 0.286. The van der Waals surface area contributed by atoms with Crippen molar-refractivity contribution >= 4 is 39.7 Å². The number of carbonyl (C=O) groups excluding carboxylic acids is 1. The van der Waals surface area contributed by atoms with Crippen LogP contribution in [0.5, 0.6) is 5.88 Å². The number of ether oxygens (including phenoxy) is 2. The van der Waals surface area contributed by atoms with E-state index in [0.29, 0.717) is 24.1 Å². The van der Waals surface area contributed by atoms with E-state index in [1.54, 1.807) is 0 Å². The Morgan fingerprint density at radius 1 is 1.24 bits per heavy atom. The molecule has 12 heteroatoms. The van der Waals surface area contributed by atoms with Crippen molar-refractivity contribution < 1.29 is 31.8 Å². The van der Waals surface area contributed by atoms with Gasteiger partial charge in [-0.1, -0.05) is 11.6 Å². The minimum Gasteiger partial charge on any atom is -0.474 e. The zero-order valence-corrected chi connectivity index (χ0v) is 19.0. The number of aromatic nitrogens is 2. The van der Waals surface area contributed by atoms with Crippen LogP contribution >= 0.6 is 11.6 Å². The van der Waals surface area contributed by atoms with E-state index in [1.807, 2.05) is 0 Å². The number of nitrogens with zero attached hydrogens (tertiary/aromatic N) is 2. The van der Waals surface area contributed by atoms with Gasteiger partial charge in [0.2, 0.25) is 17.1 Å². The molecule has 0 saturated carbocycles. The highest BCUT2D eigenvalue weighted by atomic mass is 35.5. The van der Waals surface area contributed by atoms with Crippen LogP contribution in [0.1, 0.15) is 27.9 Å². The summed E-state index contributed by atoms with van der Waals surface area (Å²) >= 11 is 4.08. The van der Waals surface area contributed by atoms with Crippen LogP contribution in [-0.2, 0) is 22.4 Å². The van der Waals surface area contributed by atoms with Gasteiger partial charge >= 0.3 is 0 Å². The molecule has 2 aromatic carbocycles. The molecule has 1 atom stereocenters. The quantitative estimate of drug-likeness (QED) is 0.180. The highest BCUT2D eigenvalue weighted by Gasteiger charge is 2.24.